The van der Waals surface area contributed by atoms with Crippen LogP contribution in [-0.2, 0) is 24.2 Å². The molecule has 0 spiro atoms. The average molecular weight is 524 g/mol. The molecule has 4 aromatic carbocycles. The number of imidazole rings is 1. The fraction of sp³-hybridized carbons (Fsp3) is 0.250. The number of hydrogen-bond donors (Lipinski definition) is 1. The number of aryl methyl sites for hydroxylation is 1. The highest BCUT2D eigenvalue weighted by atomic mass is 16.5. The first-order valence-corrected chi connectivity index (χ1v) is 13.2. The zero-order valence-corrected chi connectivity index (χ0v) is 22.4. The van der Waals surface area contributed by atoms with Crippen LogP contribution in [0.25, 0.3) is 21.8 Å². The number of hydrogen-bond acceptors (Lipinski definition) is 5. The third-order valence-electron chi connectivity index (χ3n) is 6.75. The summed E-state index contributed by atoms with van der Waals surface area (Å²) in [4.78, 5) is 17.5. The van der Waals surface area contributed by atoms with Gasteiger partial charge in [0.1, 0.15) is 11.6 Å². The van der Waals surface area contributed by atoms with Crippen LogP contribution in [0.4, 0.5) is 0 Å². The number of aromatic nitrogens is 2. The van der Waals surface area contributed by atoms with Crippen molar-refractivity contribution in [3.8, 4) is 17.2 Å². The number of amides is 1. The van der Waals surface area contributed by atoms with Crippen molar-refractivity contribution in [1.82, 2.24) is 14.9 Å². The minimum absolute atomic E-state index is 0.0478. The Morgan fingerprint density at radius 2 is 1.67 bits per heavy atom. The third-order valence-corrected chi connectivity index (χ3v) is 6.75. The summed E-state index contributed by atoms with van der Waals surface area (Å²) in [6.07, 6.45) is 1.74. The quantitative estimate of drug-likeness (QED) is 0.216. The van der Waals surface area contributed by atoms with Gasteiger partial charge in [0, 0.05) is 24.9 Å². The van der Waals surface area contributed by atoms with E-state index in [0.717, 1.165) is 46.5 Å². The molecule has 0 saturated carbocycles. The molecule has 7 nitrogen and oxygen atoms in total. The van der Waals surface area contributed by atoms with Crippen LogP contribution in [0, 0.1) is 0 Å². The second-order valence-corrected chi connectivity index (χ2v) is 9.31. The van der Waals surface area contributed by atoms with Crippen molar-refractivity contribution >= 4 is 27.7 Å². The van der Waals surface area contributed by atoms with Gasteiger partial charge in [0.05, 0.1) is 38.3 Å². The Labute approximate surface area is 228 Å². The Morgan fingerprint density at radius 1 is 0.872 bits per heavy atom. The van der Waals surface area contributed by atoms with E-state index in [2.05, 4.69) is 34.1 Å². The molecule has 39 heavy (non-hydrogen) atoms. The van der Waals surface area contributed by atoms with Crippen molar-refractivity contribution in [3.63, 3.8) is 0 Å². The third kappa shape index (κ3) is 6.14. The molecule has 1 amide bonds. The zero-order chi connectivity index (χ0) is 27.0. The molecule has 1 N–H and O–H groups in total. The number of para-hydroxylation sites is 2. The summed E-state index contributed by atoms with van der Waals surface area (Å²) in [5, 5.41) is 5.33. The van der Waals surface area contributed by atoms with Gasteiger partial charge < -0.3 is 24.1 Å². The van der Waals surface area contributed by atoms with E-state index in [4.69, 9.17) is 19.2 Å². The lowest BCUT2D eigenvalue weighted by atomic mass is 10.1. The molecule has 0 aliphatic carbocycles. The minimum atomic E-state index is -0.0478. The van der Waals surface area contributed by atoms with Crippen molar-refractivity contribution in [1.29, 1.82) is 0 Å². The number of ether oxygens (including phenoxy) is 3. The van der Waals surface area contributed by atoms with Gasteiger partial charge in [0.25, 0.3) is 0 Å². The van der Waals surface area contributed by atoms with Crippen LogP contribution < -0.4 is 19.5 Å². The number of methoxy groups -OCH3 is 2. The molecule has 0 atom stereocenters. The Kier molecular flexibility index (Phi) is 8.26. The lowest BCUT2D eigenvalue weighted by Crippen LogP contribution is -2.28. The fourth-order valence-corrected chi connectivity index (χ4v) is 4.84. The number of benzene rings is 4. The van der Waals surface area contributed by atoms with Crippen molar-refractivity contribution in [3.05, 3.63) is 96.3 Å². The molecule has 1 aromatic heterocycles. The maximum absolute atomic E-state index is 12.6. The molecule has 0 saturated heterocycles. The summed E-state index contributed by atoms with van der Waals surface area (Å²) in [5.74, 6) is 3.06. The van der Waals surface area contributed by atoms with Gasteiger partial charge in [-0.1, -0.05) is 54.6 Å². The molecular weight excluding hydrogens is 490 g/mol. The van der Waals surface area contributed by atoms with Crippen LogP contribution in [-0.4, -0.2) is 42.8 Å². The number of carbonyl (C=O) groups is 1. The van der Waals surface area contributed by atoms with E-state index in [0.29, 0.717) is 31.1 Å². The number of nitrogens with zero attached hydrogens (tertiary/aromatic N) is 2. The van der Waals surface area contributed by atoms with Crippen molar-refractivity contribution in [2.75, 3.05) is 27.4 Å². The molecule has 0 radical (unpaired) electrons. The van der Waals surface area contributed by atoms with E-state index >= 15 is 0 Å². The molecule has 200 valence electrons. The molecule has 0 fully saturated rings. The number of rotatable bonds is 12. The Bertz CT molecular complexity index is 1570. The summed E-state index contributed by atoms with van der Waals surface area (Å²) in [7, 11) is 3.18. The monoisotopic (exact) mass is 523 g/mol. The maximum atomic E-state index is 12.6. The van der Waals surface area contributed by atoms with Crippen LogP contribution in [0.5, 0.6) is 17.2 Å². The lowest BCUT2D eigenvalue weighted by Gasteiger charge is -2.12. The van der Waals surface area contributed by atoms with E-state index in [-0.39, 0.29) is 12.3 Å². The predicted molar refractivity (Wildman–Crippen MR) is 154 cm³/mol. The molecule has 0 aliphatic heterocycles. The molecule has 5 rings (SSSR count). The molecule has 1 heterocycles. The van der Waals surface area contributed by atoms with Crippen molar-refractivity contribution < 1.29 is 19.0 Å². The van der Waals surface area contributed by atoms with Crippen LogP contribution >= 0.6 is 0 Å². The normalized spacial score (nSPS) is 11.0. The Balaban J connectivity index is 1.18. The molecule has 0 bridgehead atoms. The fourth-order valence-electron chi connectivity index (χ4n) is 4.84. The van der Waals surface area contributed by atoms with Crippen LogP contribution in [0.1, 0.15) is 17.8 Å². The molecule has 0 unspecified atom stereocenters. The van der Waals surface area contributed by atoms with Gasteiger partial charge >= 0.3 is 0 Å². The largest absolute Gasteiger partial charge is 0.493 e. The molecule has 5 aromatic rings. The first-order valence-electron chi connectivity index (χ1n) is 13.2. The van der Waals surface area contributed by atoms with E-state index in [1.807, 2.05) is 60.7 Å². The lowest BCUT2D eigenvalue weighted by molar-refractivity contribution is -0.120. The highest BCUT2D eigenvalue weighted by Gasteiger charge is 2.12. The summed E-state index contributed by atoms with van der Waals surface area (Å²) in [6.45, 7) is 1.88. The summed E-state index contributed by atoms with van der Waals surface area (Å²) < 4.78 is 19.0. The summed E-state index contributed by atoms with van der Waals surface area (Å²) >= 11 is 0. The Morgan fingerprint density at radius 3 is 2.54 bits per heavy atom. The maximum Gasteiger partial charge on any atom is 0.224 e. The van der Waals surface area contributed by atoms with Gasteiger partial charge in [0.2, 0.25) is 5.91 Å². The van der Waals surface area contributed by atoms with E-state index in [1.165, 1.54) is 5.39 Å². The standard InChI is InChI=1S/C32H33N3O4/c1-37-29-16-15-23(21-30(29)38-2)22-32(36)33-18-17-31-34-26-12-5-6-13-27(26)35(31)19-8-20-39-28-14-7-10-24-9-3-4-11-25(24)28/h3-7,9-16,21H,8,17-20,22H2,1-2H3,(H,33,36). The summed E-state index contributed by atoms with van der Waals surface area (Å²) in [5.41, 5.74) is 2.91. The van der Waals surface area contributed by atoms with Gasteiger partial charge in [0.15, 0.2) is 11.5 Å². The second kappa shape index (κ2) is 12.3. The molecule has 0 aliphatic rings. The van der Waals surface area contributed by atoms with Gasteiger partial charge in [-0.25, -0.2) is 4.98 Å². The van der Waals surface area contributed by atoms with Gasteiger partial charge in [-0.2, -0.15) is 0 Å². The van der Waals surface area contributed by atoms with Gasteiger partial charge in [-0.3, -0.25) is 4.79 Å². The first-order chi connectivity index (χ1) is 19.2. The molecular formula is C32H33N3O4. The smallest absolute Gasteiger partial charge is 0.224 e. The van der Waals surface area contributed by atoms with Crippen LogP contribution in [0.3, 0.4) is 0 Å². The molecule has 7 heteroatoms. The average Bonchev–Trinajstić information content (AvgIpc) is 3.32. The van der Waals surface area contributed by atoms with Crippen molar-refractivity contribution in [2.45, 2.75) is 25.8 Å². The SMILES string of the molecule is COc1ccc(CC(=O)NCCc2nc3ccccc3n2CCCOc2cccc3ccccc23)cc1OC. The van der Waals surface area contributed by atoms with E-state index in [1.54, 1.807) is 14.2 Å². The topological polar surface area (TPSA) is 74.6 Å². The van der Waals surface area contributed by atoms with Gasteiger partial charge in [-0.15, -0.1) is 0 Å². The highest BCUT2D eigenvalue weighted by Crippen LogP contribution is 2.28. The second-order valence-electron chi connectivity index (χ2n) is 9.31. The number of nitrogens with one attached hydrogen (secondary N) is 1. The zero-order valence-electron chi connectivity index (χ0n) is 22.4. The van der Waals surface area contributed by atoms with E-state index in [9.17, 15) is 4.79 Å². The summed E-state index contributed by atoms with van der Waals surface area (Å²) in [6, 6.07) is 28.1. The van der Waals surface area contributed by atoms with Gasteiger partial charge in [-0.05, 0) is 47.7 Å². The van der Waals surface area contributed by atoms with E-state index < -0.39 is 0 Å². The van der Waals surface area contributed by atoms with Crippen LogP contribution in [0.15, 0.2) is 84.9 Å². The number of carbonyl (C=O) groups excluding carboxylic acids is 1. The number of fused-ring (bicyclic) bond motifs is 2. The van der Waals surface area contributed by atoms with Crippen molar-refractivity contribution in [2.24, 2.45) is 0 Å². The Hall–Kier alpha value is -4.52. The highest BCUT2D eigenvalue weighted by molar-refractivity contribution is 5.88. The predicted octanol–water partition coefficient (Wildman–Crippen LogP) is 5.58. The first kappa shape index (κ1) is 26.1. The van der Waals surface area contributed by atoms with Crippen LogP contribution in [0.2, 0.25) is 0 Å². The minimum Gasteiger partial charge on any atom is -0.493 e.